The van der Waals surface area contributed by atoms with Crippen molar-refractivity contribution in [1.82, 2.24) is 0 Å². The van der Waals surface area contributed by atoms with Gasteiger partial charge in [0.05, 0.1) is 54.4 Å². The zero-order valence-electron chi connectivity index (χ0n) is 32.9. The molecule has 4 saturated carbocycles. The summed E-state index contributed by atoms with van der Waals surface area (Å²) in [6.45, 7) is 9.90. The molecule has 4 heterocycles. The fraction of sp³-hybridized carbons (Fsp3) is 0.927. The third kappa shape index (κ3) is 6.95. The Kier molecular flexibility index (Phi) is 11.1. The van der Waals surface area contributed by atoms with Crippen LogP contribution in [0.1, 0.15) is 105 Å². The average molecular weight is 781 g/mol. The van der Waals surface area contributed by atoms with Gasteiger partial charge in [0.1, 0.15) is 24.9 Å². The van der Waals surface area contributed by atoms with Crippen LogP contribution in [0.5, 0.6) is 0 Å². The summed E-state index contributed by atoms with van der Waals surface area (Å²) in [5.74, 6) is 0.204. The molecule has 0 amide bonds. The van der Waals surface area contributed by atoms with Gasteiger partial charge in [0.2, 0.25) is 0 Å². The molecule has 21 atom stereocenters. The highest BCUT2D eigenvalue weighted by atomic mass is 16.7. The maximum atomic E-state index is 12.6. The average Bonchev–Trinajstić information content (AvgIpc) is 3.67. The first-order valence-corrected chi connectivity index (χ1v) is 20.9. The normalized spacial score (nSPS) is 55.5. The van der Waals surface area contributed by atoms with E-state index in [1.165, 1.54) is 0 Å². The van der Waals surface area contributed by atoms with Gasteiger partial charge in [0, 0.05) is 30.8 Å². The molecule has 7 fully saturated rings. The quantitative estimate of drug-likeness (QED) is 0.162. The van der Waals surface area contributed by atoms with E-state index in [4.69, 9.17) is 33.2 Å². The summed E-state index contributed by atoms with van der Waals surface area (Å²) in [6, 6.07) is 0. The van der Waals surface area contributed by atoms with Crippen molar-refractivity contribution in [1.29, 1.82) is 0 Å². The number of hydrogen-bond acceptors (Lipinski definition) is 14. The molecular weight excluding hydrogens is 716 g/mol. The number of esters is 1. The minimum atomic E-state index is -1.01. The molecule has 4 aliphatic heterocycles. The van der Waals surface area contributed by atoms with Gasteiger partial charge in [-0.05, 0) is 107 Å². The van der Waals surface area contributed by atoms with Crippen molar-refractivity contribution < 1.29 is 68.6 Å². The lowest BCUT2D eigenvalue weighted by Crippen LogP contribution is -2.67. The van der Waals surface area contributed by atoms with Gasteiger partial charge in [0.15, 0.2) is 18.9 Å². The molecule has 6 N–H and O–H groups in total. The number of carbonyl (C=O) groups is 1. The number of carbonyl (C=O) groups excluding carboxylic acids is 1. The first-order chi connectivity index (χ1) is 26.0. The number of cyclic esters (lactones) is 1. The first kappa shape index (κ1) is 40.5. The molecule has 0 bridgehead atoms. The lowest BCUT2D eigenvalue weighted by Gasteiger charge is -2.65. The summed E-state index contributed by atoms with van der Waals surface area (Å²) in [5, 5.41) is 66.9. The van der Waals surface area contributed by atoms with Crippen LogP contribution >= 0.6 is 0 Å². The SMILES string of the molecule is CC1O[C@@H](O[C@@H]2C(C)O[C@@H](O[C@@H]3C(C)O[C@@H](O[C@H]4CC[C@@]5(C)[C@H](CC[C@@H]6[C@@H]5C[C@@H](O)[C@]5(C)[C@@H](C7=CC(=O)OC7)CC[C@]65O)C4)C[C@H]3O)C[C@H]2O)C[C@@H](O)[C@@H]1O. The molecule has 8 rings (SSSR count). The summed E-state index contributed by atoms with van der Waals surface area (Å²) in [5.41, 5.74) is -0.892. The van der Waals surface area contributed by atoms with E-state index in [0.717, 1.165) is 44.1 Å². The van der Waals surface area contributed by atoms with Crippen LogP contribution in [0.25, 0.3) is 0 Å². The number of ether oxygens (including phenoxy) is 7. The van der Waals surface area contributed by atoms with E-state index in [1.54, 1.807) is 19.9 Å². The maximum Gasteiger partial charge on any atom is 0.331 e. The Morgan fingerprint density at radius 2 is 1.29 bits per heavy atom. The molecule has 0 radical (unpaired) electrons. The lowest BCUT2D eigenvalue weighted by atomic mass is 9.42. The number of hydrogen-bond donors (Lipinski definition) is 6. The molecule has 0 aromatic heterocycles. The smallest absolute Gasteiger partial charge is 0.331 e. The minimum absolute atomic E-state index is 0.0452. The highest BCUT2D eigenvalue weighted by Gasteiger charge is 2.71. The van der Waals surface area contributed by atoms with Crippen molar-refractivity contribution >= 4 is 5.97 Å². The van der Waals surface area contributed by atoms with Gasteiger partial charge >= 0.3 is 5.97 Å². The van der Waals surface area contributed by atoms with Crippen LogP contribution in [0.3, 0.4) is 0 Å². The molecule has 3 saturated heterocycles. The van der Waals surface area contributed by atoms with Gasteiger partial charge < -0.3 is 63.8 Å². The van der Waals surface area contributed by atoms with Gasteiger partial charge in [-0.1, -0.05) is 13.8 Å². The predicted octanol–water partition coefficient (Wildman–Crippen LogP) is 2.22. The van der Waals surface area contributed by atoms with Gasteiger partial charge in [-0.3, -0.25) is 0 Å². The van der Waals surface area contributed by atoms with E-state index < -0.39 is 90.9 Å². The fourth-order valence-corrected chi connectivity index (χ4v) is 12.8. The van der Waals surface area contributed by atoms with E-state index >= 15 is 0 Å². The second-order valence-corrected chi connectivity index (χ2v) is 18.8. The monoisotopic (exact) mass is 780 g/mol. The van der Waals surface area contributed by atoms with E-state index in [9.17, 15) is 35.4 Å². The van der Waals surface area contributed by atoms with Crippen molar-refractivity contribution in [2.45, 2.75) is 197 Å². The standard InChI is InChI=1S/C41H64O14/c1-19-36(47)28(42)15-34(50-19)54-38-21(3)52-35(17-30(38)44)55-37-20(2)51-33(16-29(37)43)53-24-8-10-39(4)23(13-24)6-7-26-27(39)14-31(45)40(5)25(9-11-41(26,40)48)22-12-32(46)49-18-22/h12,19-21,23-31,33-38,42-45,47-48H,6-11,13-18H2,1-5H3/t19?,20?,21?,23-,24+,25-,26-,27+,28-,29-,30-,31-,33+,34+,35+,36-,37-,38-,39+,40+,41+/m1/s1. The number of fused-ring (bicyclic) bond motifs is 5. The Bertz CT molecular complexity index is 1410. The molecule has 14 nitrogen and oxygen atoms in total. The van der Waals surface area contributed by atoms with Crippen LogP contribution < -0.4 is 0 Å². The van der Waals surface area contributed by atoms with E-state index in [2.05, 4.69) is 6.92 Å². The molecular formula is C41H64O14. The molecule has 0 aromatic carbocycles. The highest BCUT2D eigenvalue weighted by Crippen LogP contribution is 2.70. The lowest BCUT2D eigenvalue weighted by molar-refractivity contribution is -0.336. The summed E-state index contributed by atoms with van der Waals surface area (Å²) >= 11 is 0. The summed E-state index contributed by atoms with van der Waals surface area (Å²) in [4.78, 5) is 11.9. The molecule has 4 aliphatic carbocycles. The van der Waals surface area contributed by atoms with E-state index in [0.29, 0.717) is 18.8 Å². The number of aliphatic hydroxyl groups is 6. The van der Waals surface area contributed by atoms with E-state index in [1.807, 2.05) is 13.8 Å². The first-order valence-electron chi connectivity index (χ1n) is 20.9. The Labute approximate surface area is 323 Å². The van der Waals surface area contributed by atoms with Crippen molar-refractivity contribution in [3.63, 3.8) is 0 Å². The zero-order chi connectivity index (χ0) is 39.2. The molecule has 312 valence electrons. The van der Waals surface area contributed by atoms with Crippen LogP contribution in [0.2, 0.25) is 0 Å². The van der Waals surface area contributed by atoms with Gasteiger partial charge in [0.25, 0.3) is 0 Å². The van der Waals surface area contributed by atoms with Gasteiger partial charge in [-0.2, -0.15) is 0 Å². The zero-order valence-corrected chi connectivity index (χ0v) is 32.9. The Morgan fingerprint density at radius 3 is 1.87 bits per heavy atom. The topological polar surface area (TPSA) is 203 Å². The Balaban J connectivity index is 0.837. The summed E-state index contributed by atoms with van der Waals surface area (Å²) < 4.78 is 42.1. The second-order valence-electron chi connectivity index (χ2n) is 18.8. The summed E-state index contributed by atoms with van der Waals surface area (Å²) in [7, 11) is 0. The molecule has 3 unspecified atom stereocenters. The third-order valence-electron chi connectivity index (χ3n) is 16.0. The molecule has 8 aliphatic rings. The second kappa shape index (κ2) is 15.1. The highest BCUT2D eigenvalue weighted by molar-refractivity contribution is 5.85. The number of rotatable bonds is 7. The molecule has 55 heavy (non-hydrogen) atoms. The van der Waals surface area contributed by atoms with Crippen molar-refractivity contribution in [3.8, 4) is 0 Å². The minimum Gasteiger partial charge on any atom is -0.458 e. The van der Waals surface area contributed by atoms with Gasteiger partial charge in [-0.25, -0.2) is 4.79 Å². The Morgan fingerprint density at radius 1 is 0.691 bits per heavy atom. The Hall–Kier alpha value is -1.27. The predicted molar refractivity (Wildman–Crippen MR) is 193 cm³/mol. The van der Waals surface area contributed by atoms with E-state index in [-0.39, 0.29) is 61.1 Å². The van der Waals surface area contributed by atoms with Crippen molar-refractivity contribution in [2.75, 3.05) is 6.61 Å². The molecule has 14 heteroatoms. The molecule has 0 aromatic rings. The van der Waals surface area contributed by atoms with Crippen LogP contribution in [0.15, 0.2) is 11.6 Å². The largest absolute Gasteiger partial charge is 0.458 e. The maximum absolute atomic E-state index is 12.6. The summed E-state index contributed by atoms with van der Waals surface area (Å²) in [6.07, 6.45) is -1.51. The van der Waals surface area contributed by atoms with Crippen LogP contribution in [0, 0.1) is 34.5 Å². The molecule has 0 spiro atoms. The van der Waals surface area contributed by atoms with Crippen LogP contribution in [0.4, 0.5) is 0 Å². The van der Waals surface area contributed by atoms with Crippen LogP contribution in [-0.2, 0) is 38.0 Å². The van der Waals surface area contributed by atoms with Gasteiger partial charge in [-0.15, -0.1) is 0 Å². The van der Waals surface area contributed by atoms with Crippen LogP contribution in [-0.4, -0.2) is 135 Å². The van der Waals surface area contributed by atoms with Crippen molar-refractivity contribution in [3.05, 3.63) is 11.6 Å². The number of aliphatic hydroxyl groups excluding tert-OH is 5. The van der Waals surface area contributed by atoms with Crippen molar-refractivity contribution in [2.24, 2.45) is 34.5 Å². The third-order valence-corrected chi connectivity index (χ3v) is 16.0. The fourth-order valence-electron chi connectivity index (χ4n) is 12.8.